The van der Waals surface area contributed by atoms with Gasteiger partial charge in [-0.3, -0.25) is 14.3 Å². The number of nitriles is 1. The average Bonchev–Trinajstić information content (AvgIpc) is 3.77. The third kappa shape index (κ3) is 5.39. The van der Waals surface area contributed by atoms with Gasteiger partial charge in [-0.1, -0.05) is 0 Å². The summed E-state index contributed by atoms with van der Waals surface area (Å²) in [4.78, 5) is 18.0. The maximum Gasteiger partial charge on any atom is 0.433 e. The predicted octanol–water partition coefficient (Wildman–Crippen LogP) is 4.79. The number of fused-ring (bicyclic) bond motifs is 1. The molecule has 0 aromatic carbocycles. The molecule has 0 amide bonds. The molecule has 2 aliphatic rings. The number of H-pyrrole nitrogens is 1. The van der Waals surface area contributed by atoms with E-state index in [1.54, 1.807) is 35.4 Å². The van der Waals surface area contributed by atoms with Crippen LogP contribution in [0.2, 0.25) is 0 Å². The molecule has 1 aliphatic carbocycles. The molecule has 0 atom stereocenters. The number of hydrogen-bond acceptors (Lipinski definition) is 8. The Morgan fingerprint density at radius 3 is 2.70 bits per heavy atom. The van der Waals surface area contributed by atoms with Crippen molar-refractivity contribution in [3.8, 4) is 23.2 Å². The Bertz CT molecular complexity index is 1790. The highest BCUT2D eigenvalue weighted by molar-refractivity contribution is 5.90. The summed E-state index contributed by atoms with van der Waals surface area (Å²) in [5, 5.41) is 19.3. The highest BCUT2D eigenvalue weighted by Crippen LogP contribution is 2.39. The van der Waals surface area contributed by atoms with Crippen LogP contribution in [0.3, 0.4) is 0 Å². The minimum atomic E-state index is -4.58. The van der Waals surface area contributed by atoms with Crippen molar-refractivity contribution in [3.63, 3.8) is 0 Å². The van der Waals surface area contributed by atoms with E-state index in [1.165, 1.54) is 6.33 Å². The second-order valence-electron chi connectivity index (χ2n) is 11.5. The molecule has 1 saturated carbocycles. The number of nitrogens with zero attached hydrogens (tertiary/aromatic N) is 9. The zero-order valence-electron chi connectivity index (χ0n) is 23.7. The van der Waals surface area contributed by atoms with Crippen molar-refractivity contribution in [1.29, 1.82) is 5.26 Å². The first kappa shape index (κ1) is 28.0. The van der Waals surface area contributed by atoms with Crippen LogP contribution in [0.5, 0.6) is 5.88 Å². The molecule has 44 heavy (non-hydrogen) atoms. The summed E-state index contributed by atoms with van der Waals surface area (Å²) < 4.78 is 50.2. The Balaban J connectivity index is 0.994. The Hall–Kier alpha value is -4.77. The van der Waals surface area contributed by atoms with Gasteiger partial charge in [0.05, 0.1) is 30.9 Å². The van der Waals surface area contributed by atoms with Gasteiger partial charge in [-0.15, -0.1) is 0 Å². The van der Waals surface area contributed by atoms with E-state index in [2.05, 4.69) is 41.1 Å². The van der Waals surface area contributed by atoms with Gasteiger partial charge in [0.1, 0.15) is 29.3 Å². The lowest BCUT2D eigenvalue weighted by Gasteiger charge is -2.53. The van der Waals surface area contributed by atoms with Gasteiger partial charge < -0.3 is 9.72 Å². The lowest BCUT2D eigenvalue weighted by atomic mass is 9.82. The van der Waals surface area contributed by atoms with Crippen molar-refractivity contribution in [2.45, 2.75) is 62.5 Å². The van der Waals surface area contributed by atoms with E-state index in [0.29, 0.717) is 44.0 Å². The maximum absolute atomic E-state index is 13.6. The molecule has 14 heteroatoms. The van der Waals surface area contributed by atoms with Crippen LogP contribution in [0.1, 0.15) is 43.4 Å². The molecule has 226 valence electrons. The van der Waals surface area contributed by atoms with Gasteiger partial charge in [-0.2, -0.15) is 28.6 Å². The number of halogens is 3. The number of rotatable bonds is 8. The lowest BCUT2D eigenvalue weighted by molar-refractivity contribution is -0.141. The quantitative estimate of drug-likeness (QED) is 0.269. The normalized spacial score (nSPS) is 20.3. The molecule has 0 unspecified atom stereocenters. The third-order valence-electron chi connectivity index (χ3n) is 8.60. The monoisotopic (exact) mass is 602 g/mol. The second kappa shape index (κ2) is 11.1. The van der Waals surface area contributed by atoms with Crippen molar-refractivity contribution in [2.24, 2.45) is 0 Å². The van der Waals surface area contributed by atoms with Gasteiger partial charge in [0, 0.05) is 60.9 Å². The lowest BCUT2D eigenvalue weighted by Crippen LogP contribution is -2.65. The highest BCUT2D eigenvalue weighted by Gasteiger charge is 2.48. The van der Waals surface area contributed by atoms with Crippen LogP contribution in [-0.2, 0) is 18.3 Å². The molecule has 1 aliphatic heterocycles. The topological polar surface area (TPSA) is 126 Å². The summed E-state index contributed by atoms with van der Waals surface area (Å²) in [6.45, 7) is 1.56. The van der Waals surface area contributed by atoms with E-state index in [0.717, 1.165) is 41.2 Å². The zero-order chi connectivity index (χ0) is 30.3. The summed E-state index contributed by atoms with van der Waals surface area (Å²) in [6.07, 6.45) is 8.95. The summed E-state index contributed by atoms with van der Waals surface area (Å²) in [6, 6.07) is 8.90. The van der Waals surface area contributed by atoms with Gasteiger partial charge in [-0.25, -0.2) is 15.0 Å². The first-order chi connectivity index (χ1) is 21.3. The number of aromatic amines is 1. The number of ether oxygens (including phenoxy) is 1. The number of pyridine rings is 1. The molecule has 0 spiro atoms. The largest absolute Gasteiger partial charge is 0.474 e. The van der Waals surface area contributed by atoms with E-state index < -0.39 is 17.4 Å². The molecule has 1 N–H and O–H groups in total. The molecule has 11 nitrogen and oxygen atoms in total. The van der Waals surface area contributed by atoms with E-state index in [-0.39, 0.29) is 18.5 Å². The molecule has 6 heterocycles. The number of likely N-dealkylation sites (tertiary alicyclic amines) is 1. The van der Waals surface area contributed by atoms with Crippen LogP contribution in [0.4, 0.5) is 13.2 Å². The van der Waals surface area contributed by atoms with Crippen molar-refractivity contribution in [2.75, 3.05) is 13.1 Å². The molecule has 1 saturated heterocycles. The van der Waals surface area contributed by atoms with Crippen LogP contribution in [0, 0.1) is 11.3 Å². The average molecular weight is 603 g/mol. The number of nitrogens with one attached hydrogen (secondary N) is 1. The van der Waals surface area contributed by atoms with Gasteiger partial charge in [0.15, 0.2) is 0 Å². The van der Waals surface area contributed by atoms with Crippen molar-refractivity contribution in [3.05, 3.63) is 72.8 Å². The van der Waals surface area contributed by atoms with Crippen LogP contribution in [-0.4, -0.2) is 69.6 Å². The zero-order valence-corrected chi connectivity index (χ0v) is 23.7. The molecule has 0 bridgehead atoms. The first-order valence-corrected chi connectivity index (χ1v) is 14.5. The van der Waals surface area contributed by atoms with E-state index >= 15 is 0 Å². The molecular weight excluding hydrogens is 573 g/mol. The number of hydrogen-bond donors (Lipinski definition) is 1. The summed E-state index contributed by atoms with van der Waals surface area (Å²) in [7, 11) is 0. The van der Waals surface area contributed by atoms with Gasteiger partial charge in [-0.05, 0) is 49.4 Å². The fourth-order valence-electron chi connectivity index (χ4n) is 6.40. The maximum atomic E-state index is 13.6. The van der Waals surface area contributed by atoms with E-state index in [4.69, 9.17) is 4.74 Å². The summed E-state index contributed by atoms with van der Waals surface area (Å²) in [5.41, 5.74) is 1.42. The molecule has 5 aromatic rings. The standard InChI is InChI=1S/C30H29F3N10O/c31-30(32,33)25-12-20(15-42-11-1-9-38-42)13-26(40-25)44-23-4-2-22(3-5-23)41-17-29(18-41,7-8-34)43-16-21(14-39-43)27-24-6-10-35-28(24)37-19-36-27/h1,6,9-14,16,19,22-23H,2-5,7,15,17-18H2,(H,35,36,37)/t22-,23+. The molecule has 5 aromatic heterocycles. The first-order valence-electron chi connectivity index (χ1n) is 14.5. The smallest absolute Gasteiger partial charge is 0.433 e. The molecular formula is C30H29F3N10O. The summed E-state index contributed by atoms with van der Waals surface area (Å²) >= 11 is 0. The van der Waals surface area contributed by atoms with Crippen molar-refractivity contribution < 1.29 is 17.9 Å². The third-order valence-corrected chi connectivity index (χ3v) is 8.60. The van der Waals surface area contributed by atoms with Gasteiger partial charge >= 0.3 is 6.18 Å². The fourth-order valence-corrected chi connectivity index (χ4v) is 6.40. The van der Waals surface area contributed by atoms with Crippen LogP contribution in [0.15, 0.2) is 61.6 Å². The van der Waals surface area contributed by atoms with Crippen molar-refractivity contribution >= 4 is 11.0 Å². The van der Waals surface area contributed by atoms with Gasteiger partial charge in [0.2, 0.25) is 5.88 Å². The fraction of sp³-hybridized carbons (Fsp3) is 0.400. The van der Waals surface area contributed by atoms with E-state index in [9.17, 15) is 18.4 Å². The Labute approximate surface area is 250 Å². The molecule has 2 fully saturated rings. The molecule has 0 radical (unpaired) electrons. The SMILES string of the molecule is N#CCC1(n2cc(-c3ncnc4[nH]ccc34)cn2)CN([C@H]2CC[C@@H](Oc3cc(Cn4cccn4)cc(C(F)(F)F)n3)CC2)C1. The number of alkyl halides is 3. The van der Waals surface area contributed by atoms with Crippen LogP contribution < -0.4 is 4.74 Å². The van der Waals surface area contributed by atoms with Crippen LogP contribution in [0.25, 0.3) is 22.3 Å². The minimum Gasteiger partial charge on any atom is -0.474 e. The number of aromatic nitrogens is 8. The Morgan fingerprint density at radius 1 is 1.11 bits per heavy atom. The predicted molar refractivity (Wildman–Crippen MR) is 152 cm³/mol. The van der Waals surface area contributed by atoms with Gasteiger partial charge in [0.25, 0.3) is 0 Å². The van der Waals surface area contributed by atoms with Crippen molar-refractivity contribution in [1.82, 2.24) is 44.4 Å². The highest BCUT2D eigenvalue weighted by atomic mass is 19.4. The molecule has 7 rings (SSSR count). The van der Waals surface area contributed by atoms with Crippen LogP contribution >= 0.6 is 0 Å². The Kier molecular flexibility index (Phi) is 7.04. The Morgan fingerprint density at radius 2 is 1.95 bits per heavy atom. The second-order valence-corrected chi connectivity index (χ2v) is 11.5. The summed E-state index contributed by atoms with van der Waals surface area (Å²) in [5.74, 6) is -0.0162. The van der Waals surface area contributed by atoms with E-state index in [1.807, 2.05) is 23.1 Å². The minimum absolute atomic E-state index is 0.0162.